The summed E-state index contributed by atoms with van der Waals surface area (Å²) in [7, 11) is 1.94. The van der Waals surface area contributed by atoms with Crippen LogP contribution in [0.25, 0.3) is 0 Å². The monoisotopic (exact) mass is 183 g/mol. The van der Waals surface area contributed by atoms with E-state index in [2.05, 4.69) is 10.1 Å². The minimum Gasteiger partial charge on any atom is -0.392 e. The normalized spacial score (nSPS) is 29.8. The van der Waals surface area contributed by atoms with Crippen LogP contribution in [0.15, 0.2) is 4.52 Å². The smallest absolute Gasteiger partial charge is 0.244 e. The largest absolute Gasteiger partial charge is 0.392 e. The molecule has 72 valence electrons. The lowest BCUT2D eigenvalue weighted by Gasteiger charge is -2.13. The van der Waals surface area contributed by atoms with Crippen LogP contribution >= 0.6 is 0 Å². The first-order valence-corrected chi connectivity index (χ1v) is 4.35. The van der Waals surface area contributed by atoms with E-state index in [1.165, 1.54) is 0 Å². The quantitative estimate of drug-likeness (QED) is 0.669. The van der Waals surface area contributed by atoms with Gasteiger partial charge in [-0.05, 0) is 20.4 Å². The Labute approximate surface area is 76.4 Å². The molecule has 0 bridgehead atoms. The topological polar surface area (TPSA) is 62.4 Å². The molecule has 1 fully saturated rings. The van der Waals surface area contributed by atoms with E-state index in [0.29, 0.717) is 24.7 Å². The van der Waals surface area contributed by atoms with Gasteiger partial charge in [0, 0.05) is 6.54 Å². The van der Waals surface area contributed by atoms with Crippen molar-refractivity contribution in [2.75, 3.05) is 13.6 Å². The first-order chi connectivity index (χ1) is 6.16. The third kappa shape index (κ3) is 1.57. The molecule has 0 aromatic carbocycles. The Morgan fingerprint density at radius 2 is 2.38 bits per heavy atom. The summed E-state index contributed by atoms with van der Waals surface area (Å²) in [5.74, 6) is 1.25. The van der Waals surface area contributed by atoms with E-state index >= 15 is 0 Å². The summed E-state index contributed by atoms with van der Waals surface area (Å²) in [6, 6.07) is 0.0798. The first kappa shape index (κ1) is 8.65. The van der Waals surface area contributed by atoms with Gasteiger partial charge in [-0.25, -0.2) is 0 Å². The summed E-state index contributed by atoms with van der Waals surface area (Å²) in [4.78, 5) is 6.17. The number of rotatable bonds is 1. The lowest BCUT2D eigenvalue weighted by molar-refractivity contribution is 0.182. The number of hydrogen-bond acceptors (Lipinski definition) is 5. The van der Waals surface area contributed by atoms with Gasteiger partial charge < -0.3 is 9.63 Å². The number of aromatic nitrogens is 2. The second kappa shape index (κ2) is 3.08. The molecule has 2 atom stereocenters. The number of aryl methyl sites for hydroxylation is 1. The molecule has 2 rings (SSSR count). The molecule has 0 spiro atoms. The van der Waals surface area contributed by atoms with Gasteiger partial charge in [0.05, 0.1) is 12.1 Å². The molecular weight excluding hydrogens is 170 g/mol. The second-order valence-corrected chi connectivity index (χ2v) is 3.52. The zero-order valence-electron chi connectivity index (χ0n) is 7.77. The highest BCUT2D eigenvalue weighted by Crippen LogP contribution is 2.29. The summed E-state index contributed by atoms with van der Waals surface area (Å²) < 4.78 is 5.05. The highest BCUT2D eigenvalue weighted by atomic mass is 16.5. The van der Waals surface area contributed by atoms with E-state index < -0.39 is 0 Å². The van der Waals surface area contributed by atoms with Crippen LogP contribution in [0.1, 0.15) is 24.2 Å². The maximum Gasteiger partial charge on any atom is 0.244 e. The van der Waals surface area contributed by atoms with Gasteiger partial charge in [0.25, 0.3) is 0 Å². The Hall–Kier alpha value is -0.940. The van der Waals surface area contributed by atoms with Crippen LogP contribution in [0.4, 0.5) is 0 Å². The molecule has 0 saturated carbocycles. The molecule has 1 aromatic heterocycles. The van der Waals surface area contributed by atoms with Crippen molar-refractivity contribution >= 4 is 0 Å². The minimum absolute atomic E-state index is 0.0798. The molecule has 0 unspecified atom stereocenters. The van der Waals surface area contributed by atoms with Crippen molar-refractivity contribution in [3.63, 3.8) is 0 Å². The maximum atomic E-state index is 9.41. The molecule has 13 heavy (non-hydrogen) atoms. The van der Waals surface area contributed by atoms with Gasteiger partial charge in [-0.1, -0.05) is 5.16 Å². The van der Waals surface area contributed by atoms with Crippen LogP contribution in [0.2, 0.25) is 0 Å². The van der Waals surface area contributed by atoms with E-state index in [0.717, 1.165) is 0 Å². The van der Waals surface area contributed by atoms with Crippen LogP contribution in [0, 0.1) is 6.92 Å². The predicted molar refractivity (Wildman–Crippen MR) is 45.0 cm³/mol. The van der Waals surface area contributed by atoms with Crippen molar-refractivity contribution in [3.05, 3.63) is 11.7 Å². The average molecular weight is 183 g/mol. The number of likely N-dealkylation sites (N-methyl/N-ethyl adjacent to an activating group) is 1. The summed E-state index contributed by atoms with van der Waals surface area (Å²) in [5.41, 5.74) is 0. The molecule has 0 aliphatic carbocycles. The number of β-amino-alcohol motifs (C(OH)–C–C–N with tert-alkyl or cyclic N) is 1. The molecule has 1 aliphatic heterocycles. The first-order valence-electron chi connectivity index (χ1n) is 4.35. The summed E-state index contributed by atoms with van der Waals surface area (Å²) in [5, 5.41) is 13.1. The van der Waals surface area contributed by atoms with Crippen LogP contribution in [0.5, 0.6) is 0 Å². The van der Waals surface area contributed by atoms with Crippen molar-refractivity contribution in [3.8, 4) is 0 Å². The van der Waals surface area contributed by atoms with Gasteiger partial charge in [0.1, 0.15) is 0 Å². The lowest BCUT2D eigenvalue weighted by Crippen LogP contribution is -2.19. The summed E-state index contributed by atoms with van der Waals surface area (Å²) in [6.45, 7) is 2.46. The van der Waals surface area contributed by atoms with Crippen molar-refractivity contribution in [1.29, 1.82) is 0 Å². The van der Waals surface area contributed by atoms with Gasteiger partial charge in [0.15, 0.2) is 5.82 Å². The van der Waals surface area contributed by atoms with E-state index in [9.17, 15) is 5.11 Å². The Balaban J connectivity index is 2.17. The zero-order chi connectivity index (χ0) is 9.42. The minimum atomic E-state index is -0.276. The number of likely N-dealkylation sites (tertiary alicyclic amines) is 1. The fourth-order valence-corrected chi connectivity index (χ4v) is 1.71. The average Bonchev–Trinajstić information content (AvgIpc) is 2.58. The second-order valence-electron chi connectivity index (χ2n) is 3.52. The van der Waals surface area contributed by atoms with Gasteiger partial charge in [-0.15, -0.1) is 0 Å². The van der Waals surface area contributed by atoms with E-state index in [4.69, 9.17) is 4.52 Å². The number of aliphatic hydroxyl groups excluding tert-OH is 1. The van der Waals surface area contributed by atoms with Gasteiger partial charge in [-0.3, -0.25) is 4.90 Å². The number of aliphatic hydroxyl groups is 1. The van der Waals surface area contributed by atoms with E-state index in [-0.39, 0.29) is 12.1 Å². The highest BCUT2D eigenvalue weighted by Gasteiger charge is 2.32. The van der Waals surface area contributed by atoms with Crippen molar-refractivity contribution in [2.45, 2.75) is 25.5 Å². The molecular formula is C8H13N3O2. The maximum absolute atomic E-state index is 9.41. The molecule has 1 saturated heterocycles. The van der Waals surface area contributed by atoms with Crippen LogP contribution < -0.4 is 0 Å². The summed E-state index contributed by atoms with van der Waals surface area (Å²) in [6.07, 6.45) is 0.403. The number of nitrogens with zero attached hydrogens (tertiary/aromatic N) is 3. The predicted octanol–water partition coefficient (Wildman–Crippen LogP) is 0.116. The molecule has 0 radical (unpaired) electrons. The fraction of sp³-hybridized carbons (Fsp3) is 0.750. The standard InChI is InChI=1S/C8H13N3O2/c1-5-9-8(13-10-5)7-3-6(12)4-11(7)2/h6-7,12H,3-4H2,1-2H3/t6-,7+/m1/s1. The Bertz CT molecular complexity index is 299. The fourth-order valence-electron chi connectivity index (χ4n) is 1.71. The lowest BCUT2D eigenvalue weighted by atomic mass is 10.2. The van der Waals surface area contributed by atoms with Crippen molar-refractivity contribution in [2.24, 2.45) is 0 Å². The number of hydrogen-bond donors (Lipinski definition) is 1. The van der Waals surface area contributed by atoms with Gasteiger partial charge in [-0.2, -0.15) is 4.98 Å². The molecule has 1 aromatic rings. The van der Waals surface area contributed by atoms with Gasteiger partial charge >= 0.3 is 0 Å². The van der Waals surface area contributed by atoms with Crippen molar-refractivity contribution < 1.29 is 9.63 Å². The Kier molecular flexibility index (Phi) is 2.05. The molecule has 2 heterocycles. The van der Waals surface area contributed by atoms with Crippen LogP contribution in [-0.4, -0.2) is 39.8 Å². The Morgan fingerprint density at radius 3 is 2.85 bits per heavy atom. The molecule has 1 N–H and O–H groups in total. The Morgan fingerprint density at radius 1 is 1.62 bits per heavy atom. The van der Waals surface area contributed by atoms with Crippen LogP contribution in [0.3, 0.4) is 0 Å². The van der Waals surface area contributed by atoms with E-state index in [1.807, 2.05) is 11.9 Å². The SMILES string of the molecule is Cc1noc([C@@H]2C[C@@H](O)CN2C)n1. The molecule has 5 heteroatoms. The van der Waals surface area contributed by atoms with Crippen molar-refractivity contribution in [1.82, 2.24) is 15.0 Å². The molecule has 1 aliphatic rings. The molecule has 5 nitrogen and oxygen atoms in total. The highest BCUT2D eigenvalue weighted by molar-refractivity contribution is 4.97. The van der Waals surface area contributed by atoms with Gasteiger partial charge in [0.2, 0.25) is 5.89 Å². The summed E-state index contributed by atoms with van der Waals surface area (Å²) >= 11 is 0. The van der Waals surface area contributed by atoms with E-state index in [1.54, 1.807) is 6.92 Å². The zero-order valence-corrected chi connectivity index (χ0v) is 7.77. The van der Waals surface area contributed by atoms with Crippen LogP contribution in [-0.2, 0) is 0 Å². The third-order valence-electron chi connectivity index (χ3n) is 2.35. The molecule has 0 amide bonds. The third-order valence-corrected chi connectivity index (χ3v) is 2.35.